The molecule has 0 bridgehead atoms. The van der Waals surface area contributed by atoms with Gasteiger partial charge in [-0.05, 0) is 36.2 Å². The van der Waals surface area contributed by atoms with Crippen LogP contribution in [0.5, 0.6) is 0 Å². The zero-order valence-corrected chi connectivity index (χ0v) is 13.3. The van der Waals surface area contributed by atoms with Gasteiger partial charge in [0.15, 0.2) is 6.10 Å². The van der Waals surface area contributed by atoms with Crippen LogP contribution in [0, 0.1) is 0 Å². The van der Waals surface area contributed by atoms with Gasteiger partial charge in [0.25, 0.3) is 5.91 Å². The molecule has 0 aromatic heterocycles. The van der Waals surface area contributed by atoms with Crippen molar-refractivity contribution in [3.05, 3.63) is 70.2 Å². The Morgan fingerprint density at radius 1 is 1.26 bits per heavy atom. The molecule has 2 aromatic rings. The van der Waals surface area contributed by atoms with Crippen LogP contribution in [0.15, 0.2) is 48.5 Å². The molecule has 1 N–H and O–H groups in total. The summed E-state index contributed by atoms with van der Waals surface area (Å²) in [4.78, 5) is 24.4. The van der Waals surface area contributed by atoms with Gasteiger partial charge >= 0.3 is 5.97 Å². The number of nitrogens with one attached hydrogen (secondary N) is 1. The van der Waals surface area contributed by atoms with Crippen LogP contribution in [0.25, 0.3) is 0 Å². The number of hydrogen-bond donors (Lipinski definition) is 1. The molecule has 4 nitrogen and oxygen atoms in total. The quantitative estimate of drug-likeness (QED) is 0.879. The molecule has 2 unspecified atom stereocenters. The second-order valence-electron chi connectivity index (χ2n) is 5.54. The van der Waals surface area contributed by atoms with E-state index in [9.17, 15) is 9.59 Å². The number of hydrogen-bond acceptors (Lipinski definition) is 3. The van der Waals surface area contributed by atoms with Crippen LogP contribution in [-0.2, 0) is 16.0 Å². The van der Waals surface area contributed by atoms with Gasteiger partial charge in [0, 0.05) is 11.4 Å². The summed E-state index contributed by atoms with van der Waals surface area (Å²) in [6, 6.07) is 14.3. The topological polar surface area (TPSA) is 55.4 Å². The third-order valence-corrected chi connectivity index (χ3v) is 4.13. The number of rotatable bonds is 3. The Labute approximate surface area is 139 Å². The molecule has 0 saturated carbocycles. The van der Waals surface area contributed by atoms with E-state index in [-0.39, 0.29) is 11.9 Å². The van der Waals surface area contributed by atoms with E-state index < -0.39 is 12.1 Å². The Kier molecular flexibility index (Phi) is 4.35. The SMILES string of the molecule is CC(NC(=O)C1Cc2ccccc2C(=O)O1)c1cccc(Cl)c1. The van der Waals surface area contributed by atoms with E-state index in [2.05, 4.69) is 5.32 Å². The van der Waals surface area contributed by atoms with Gasteiger partial charge in [-0.15, -0.1) is 0 Å². The van der Waals surface area contributed by atoms with Crippen LogP contribution in [0.2, 0.25) is 5.02 Å². The fraction of sp³-hybridized carbons (Fsp3) is 0.222. The molecule has 2 atom stereocenters. The fourth-order valence-corrected chi connectivity index (χ4v) is 2.84. The molecule has 1 amide bonds. The minimum atomic E-state index is -0.806. The lowest BCUT2D eigenvalue weighted by atomic mass is 9.98. The van der Waals surface area contributed by atoms with E-state index in [0.29, 0.717) is 17.0 Å². The van der Waals surface area contributed by atoms with Crippen LogP contribution < -0.4 is 5.32 Å². The predicted octanol–water partition coefficient (Wildman–Crippen LogP) is 3.30. The maximum absolute atomic E-state index is 12.4. The van der Waals surface area contributed by atoms with Gasteiger partial charge in [-0.2, -0.15) is 0 Å². The number of cyclic esters (lactones) is 1. The van der Waals surface area contributed by atoms with Gasteiger partial charge in [-0.1, -0.05) is 41.9 Å². The van der Waals surface area contributed by atoms with Crippen molar-refractivity contribution in [2.75, 3.05) is 0 Å². The maximum Gasteiger partial charge on any atom is 0.339 e. The molecule has 0 aliphatic carbocycles. The number of benzene rings is 2. The van der Waals surface area contributed by atoms with Crippen molar-refractivity contribution in [3.8, 4) is 0 Å². The Balaban J connectivity index is 1.71. The third-order valence-electron chi connectivity index (χ3n) is 3.89. The number of halogens is 1. The first-order valence-electron chi connectivity index (χ1n) is 7.39. The van der Waals surface area contributed by atoms with Crippen molar-refractivity contribution in [3.63, 3.8) is 0 Å². The van der Waals surface area contributed by atoms with Crippen LogP contribution in [0.3, 0.4) is 0 Å². The summed E-state index contributed by atoms with van der Waals surface area (Å²) >= 11 is 5.97. The van der Waals surface area contributed by atoms with Gasteiger partial charge in [-0.25, -0.2) is 4.79 Å². The lowest BCUT2D eigenvalue weighted by Gasteiger charge is -2.25. The smallest absolute Gasteiger partial charge is 0.339 e. The van der Waals surface area contributed by atoms with Crippen LogP contribution in [0.4, 0.5) is 0 Å². The Hall–Kier alpha value is -2.33. The summed E-state index contributed by atoms with van der Waals surface area (Å²) in [5, 5.41) is 3.48. The van der Waals surface area contributed by atoms with Crippen molar-refractivity contribution in [2.45, 2.75) is 25.5 Å². The normalized spacial score (nSPS) is 17.8. The lowest BCUT2D eigenvalue weighted by Crippen LogP contribution is -2.42. The Morgan fingerprint density at radius 3 is 2.83 bits per heavy atom. The highest BCUT2D eigenvalue weighted by Gasteiger charge is 2.31. The molecule has 1 heterocycles. The first-order chi connectivity index (χ1) is 11.0. The number of fused-ring (bicyclic) bond motifs is 1. The average Bonchev–Trinajstić information content (AvgIpc) is 2.54. The van der Waals surface area contributed by atoms with Crippen molar-refractivity contribution >= 4 is 23.5 Å². The van der Waals surface area contributed by atoms with Gasteiger partial charge in [-0.3, -0.25) is 4.79 Å². The van der Waals surface area contributed by atoms with Crippen molar-refractivity contribution in [2.24, 2.45) is 0 Å². The molecular formula is C18H16ClNO3. The summed E-state index contributed by atoms with van der Waals surface area (Å²) in [5.41, 5.74) is 2.26. The second-order valence-corrected chi connectivity index (χ2v) is 5.98. The highest BCUT2D eigenvalue weighted by molar-refractivity contribution is 6.30. The van der Waals surface area contributed by atoms with Gasteiger partial charge in [0.1, 0.15) is 0 Å². The molecule has 118 valence electrons. The fourth-order valence-electron chi connectivity index (χ4n) is 2.64. The molecule has 2 aromatic carbocycles. The maximum atomic E-state index is 12.4. The Morgan fingerprint density at radius 2 is 2.04 bits per heavy atom. The molecule has 1 aliphatic rings. The summed E-state index contributed by atoms with van der Waals surface area (Å²) in [6.45, 7) is 1.86. The standard InChI is InChI=1S/C18H16ClNO3/c1-11(12-6-4-7-14(19)9-12)20-17(21)16-10-13-5-2-3-8-15(13)18(22)23-16/h2-9,11,16H,10H2,1H3,(H,20,21). The molecular weight excluding hydrogens is 314 g/mol. The van der Waals surface area contributed by atoms with Gasteiger partial charge < -0.3 is 10.1 Å². The monoisotopic (exact) mass is 329 g/mol. The van der Waals surface area contributed by atoms with Crippen LogP contribution in [-0.4, -0.2) is 18.0 Å². The predicted molar refractivity (Wildman–Crippen MR) is 87.4 cm³/mol. The number of ether oxygens (including phenoxy) is 1. The number of esters is 1. The summed E-state index contributed by atoms with van der Waals surface area (Å²) in [5.74, 6) is -0.761. The molecule has 0 fully saturated rings. The molecule has 0 saturated heterocycles. The molecule has 5 heteroatoms. The highest BCUT2D eigenvalue weighted by atomic mass is 35.5. The van der Waals surface area contributed by atoms with E-state index in [0.717, 1.165) is 11.1 Å². The van der Waals surface area contributed by atoms with Gasteiger partial charge in [0.05, 0.1) is 11.6 Å². The second kappa shape index (κ2) is 6.42. The summed E-state index contributed by atoms with van der Waals surface area (Å²) < 4.78 is 5.26. The van der Waals surface area contributed by atoms with Crippen LogP contribution >= 0.6 is 11.6 Å². The van der Waals surface area contributed by atoms with Crippen molar-refractivity contribution < 1.29 is 14.3 Å². The van der Waals surface area contributed by atoms with Gasteiger partial charge in [0.2, 0.25) is 0 Å². The molecule has 3 rings (SSSR count). The van der Waals surface area contributed by atoms with E-state index in [4.69, 9.17) is 16.3 Å². The van der Waals surface area contributed by atoms with Crippen molar-refractivity contribution in [1.29, 1.82) is 0 Å². The third kappa shape index (κ3) is 3.37. The van der Waals surface area contributed by atoms with E-state index in [1.54, 1.807) is 24.3 Å². The van der Waals surface area contributed by atoms with Crippen molar-refractivity contribution in [1.82, 2.24) is 5.32 Å². The average molecular weight is 330 g/mol. The molecule has 0 radical (unpaired) electrons. The first-order valence-corrected chi connectivity index (χ1v) is 7.77. The minimum Gasteiger partial charge on any atom is -0.448 e. The summed E-state index contributed by atoms with van der Waals surface area (Å²) in [7, 11) is 0. The minimum absolute atomic E-state index is 0.225. The molecule has 1 aliphatic heterocycles. The number of amides is 1. The highest BCUT2D eigenvalue weighted by Crippen LogP contribution is 2.22. The zero-order valence-electron chi connectivity index (χ0n) is 12.6. The van der Waals surface area contributed by atoms with E-state index in [1.165, 1.54) is 0 Å². The largest absolute Gasteiger partial charge is 0.448 e. The molecule has 0 spiro atoms. The van der Waals surface area contributed by atoms with E-state index >= 15 is 0 Å². The van der Waals surface area contributed by atoms with E-state index in [1.807, 2.05) is 31.2 Å². The first kappa shape index (κ1) is 15.6. The lowest BCUT2D eigenvalue weighted by molar-refractivity contribution is -0.131. The number of carbonyl (C=O) groups excluding carboxylic acids is 2. The Bertz CT molecular complexity index is 759. The molecule has 23 heavy (non-hydrogen) atoms. The number of carbonyl (C=O) groups is 2. The summed E-state index contributed by atoms with van der Waals surface area (Å²) in [6.07, 6.45) is -0.422. The van der Waals surface area contributed by atoms with Crippen LogP contribution in [0.1, 0.15) is 34.5 Å². The zero-order chi connectivity index (χ0) is 16.4.